The summed E-state index contributed by atoms with van der Waals surface area (Å²) >= 11 is 6.01. The summed E-state index contributed by atoms with van der Waals surface area (Å²) in [5.74, 6) is 0.723. The molecule has 2 aromatic carbocycles. The highest BCUT2D eigenvalue weighted by Crippen LogP contribution is 2.27. The third-order valence-corrected chi connectivity index (χ3v) is 4.78. The summed E-state index contributed by atoms with van der Waals surface area (Å²) in [6, 6.07) is 13.9. The first-order valence-electron chi connectivity index (χ1n) is 8.82. The Bertz CT molecular complexity index is 774. The molecule has 154 valence electrons. The number of nitrogens with one attached hydrogen (secondary N) is 3. The van der Waals surface area contributed by atoms with Crippen LogP contribution in [-0.2, 0) is 11.2 Å². The van der Waals surface area contributed by atoms with Gasteiger partial charge in [-0.15, -0.1) is 24.8 Å². The molecule has 1 aliphatic rings. The minimum atomic E-state index is 0. The first-order valence-corrected chi connectivity index (χ1v) is 9.20. The van der Waals surface area contributed by atoms with Crippen molar-refractivity contribution in [2.75, 3.05) is 32.1 Å². The van der Waals surface area contributed by atoms with Crippen molar-refractivity contribution in [3.63, 3.8) is 0 Å². The molecule has 0 saturated heterocycles. The molecule has 1 aliphatic heterocycles. The summed E-state index contributed by atoms with van der Waals surface area (Å²) in [7, 11) is 1.61. The van der Waals surface area contributed by atoms with Crippen LogP contribution in [0.4, 0.5) is 5.69 Å². The molecule has 28 heavy (non-hydrogen) atoms. The number of rotatable bonds is 7. The standard InChI is InChI=1S/C20H24ClN3O2.2ClH/c1-26-19-7-6-15(21)12-17(19)22-11-9-20(25)24-13-18-16-5-3-2-4-14(16)8-10-23-18;;/h2-7,12,18,22-23H,8-11,13H2,1H3,(H,24,25);2*1H. The number of hydrogen-bond acceptors (Lipinski definition) is 4. The van der Waals surface area contributed by atoms with Crippen molar-refractivity contribution in [2.24, 2.45) is 0 Å². The third-order valence-electron chi connectivity index (χ3n) is 4.55. The minimum Gasteiger partial charge on any atom is -0.495 e. The van der Waals surface area contributed by atoms with E-state index in [1.54, 1.807) is 25.3 Å². The summed E-state index contributed by atoms with van der Waals surface area (Å²) < 4.78 is 5.29. The van der Waals surface area contributed by atoms with Crippen LogP contribution >= 0.6 is 36.4 Å². The van der Waals surface area contributed by atoms with Crippen LogP contribution in [0, 0.1) is 0 Å². The number of halogens is 3. The van der Waals surface area contributed by atoms with Crippen LogP contribution in [0.3, 0.4) is 0 Å². The Balaban J connectivity index is 0.00000196. The number of fused-ring (bicyclic) bond motifs is 1. The fraction of sp³-hybridized carbons (Fsp3) is 0.350. The average molecular weight is 447 g/mol. The second-order valence-electron chi connectivity index (χ2n) is 6.28. The van der Waals surface area contributed by atoms with Gasteiger partial charge in [0.25, 0.3) is 0 Å². The molecule has 5 nitrogen and oxygen atoms in total. The second kappa shape index (κ2) is 12.0. The first-order chi connectivity index (χ1) is 12.7. The van der Waals surface area contributed by atoms with Crippen LogP contribution in [0.25, 0.3) is 0 Å². The maximum Gasteiger partial charge on any atom is 0.221 e. The summed E-state index contributed by atoms with van der Waals surface area (Å²) in [6.45, 7) is 2.04. The van der Waals surface area contributed by atoms with Crippen LogP contribution in [-0.4, -0.2) is 32.7 Å². The van der Waals surface area contributed by atoms with Crippen molar-refractivity contribution >= 4 is 48.0 Å². The van der Waals surface area contributed by atoms with Crippen molar-refractivity contribution in [2.45, 2.75) is 18.9 Å². The van der Waals surface area contributed by atoms with E-state index in [2.05, 4.69) is 34.1 Å². The van der Waals surface area contributed by atoms with Gasteiger partial charge in [-0.3, -0.25) is 4.79 Å². The maximum absolute atomic E-state index is 12.2. The Morgan fingerprint density at radius 1 is 1.25 bits per heavy atom. The fourth-order valence-electron chi connectivity index (χ4n) is 3.21. The molecule has 3 N–H and O–H groups in total. The van der Waals surface area contributed by atoms with Gasteiger partial charge in [-0.05, 0) is 42.3 Å². The van der Waals surface area contributed by atoms with Gasteiger partial charge in [0.15, 0.2) is 0 Å². The quantitative estimate of drug-likeness (QED) is 0.601. The molecule has 8 heteroatoms. The molecule has 0 saturated carbocycles. The predicted molar refractivity (Wildman–Crippen MR) is 120 cm³/mol. The topological polar surface area (TPSA) is 62.4 Å². The lowest BCUT2D eigenvalue weighted by Gasteiger charge is -2.27. The average Bonchev–Trinajstić information content (AvgIpc) is 2.66. The fourth-order valence-corrected chi connectivity index (χ4v) is 3.38. The smallest absolute Gasteiger partial charge is 0.221 e. The highest BCUT2D eigenvalue weighted by molar-refractivity contribution is 6.30. The molecule has 0 aliphatic carbocycles. The van der Waals surface area contributed by atoms with Gasteiger partial charge in [0, 0.05) is 30.6 Å². The normalized spacial score (nSPS) is 14.7. The van der Waals surface area contributed by atoms with Crippen molar-refractivity contribution in [1.29, 1.82) is 0 Å². The van der Waals surface area contributed by atoms with E-state index >= 15 is 0 Å². The molecule has 0 aromatic heterocycles. The molecule has 3 rings (SSSR count). The van der Waals surface area contributed by atoms with E-state index in [0.29, 0.717) is 30.3 Å². The number of ether oxygens (including phenoxy) is 1. The maximum atomic E-state index is 12.2. The Morgan fingerprint density at radius 2 is 2.04 bits per heavy atom. The number of carbonyl (C=O) groups is 1. The molecule has 0 bridgehead atoms. The van der Waals surface area contributed by atoms with E-state index in [-0.39, 0.29) is 36.8 Å². The molecule has 0 spiro atoms. The van der Waals surface area contributed by atoms with E-state index in [0.717, 1.165) is 18.7 Å². The van der Waals surface area contributed by atoms with Crippen LogP contribution in [0.2, 0.25) is 5.02 Å². The van der Waals surface area contributed by atoms with Crippen LogP contribution in [0.15, 0.2) is 42.5 Å². The molecule has 1 heterocycles. The number of anilines is 1. The third kappa shape index (κ3) is 6.45. The predicted octanol–water partition coefficient (Wildman–Crippen LogP) is 4.00. The lowest BCUT2D eigenvalue weighted by Crippen LogP contribution is -2.39. The molecule has 0 fully saturated rings. The number of methoxy groups -OCH3 is 1. The summed E-state index contributed by atoms with van der Waals surface area (Å²) in [5, 5.41) is 10.3. The molecule has 1 atom stereocenters. The zero-order valence-corrected chi connectivity index (χ0v) is 18.1. The van der Waals surface area contributed by atoms with Crippen LogP contribution in [0.1, 0.15) is 23.6 Å². The van der Waals surface area contributed by atoms with Gasteiger partial charge in [0.05, 0.1) is 12.8 Å². The van der Waals surface area contributed by atoms with Crippen molar-refractivity contribution in [3.05, 3.63) is 58.6 Å². The summed E-state index contributed by atoms with van der Waals surface area (Å²) in [5.41, 5.74) is 3.43. The van der Waals surface area contributed by atoms with Crippen LogP contribution in [0.5, 0.6) is 5.75 Å². The Morgan fingerprint density at radius 3 is 2.82 bits per heavy atom. The molecule has 0 radical (unpaired) electrons. The van der Waals surface area contributed by atoms with Gasteiger partial charge >= 0.3 is 0 Å². The summed E-state index contributed by atoms with van der Waals surface area (Å²) in [6.07, 6.45) is 1.41. The molecule has 2 aromatic rings. The van der Waals surface area contributed by atoms with E-state index < -0.39 is 0 Å². The van der Waals surface area contributed by atoms with Gasteiger partial charge in [-0.25, -0.2) is 0 Å². The van der Waals surface area contributed by atoms with Gasteiger partial charge in [-0.2, -0.15) is 0 Å². The van der Waals surface area contributed by atoms with E-state index in [1.165, 1.54) is 11.1 Å². The lowest BCUT2D eigenvalue weighted by molar-refractivity contribution is -0.120. The molecular weight excluding hydrogens is 421 g/mol. The van der Waals surface area contributed by atoms with Gasteiger partial charge in [0.2, 0.25) is 5.91 Å². The number of hydrogen-bond donors (Lipinski definition) is 3. The monoisotopic (exact) mass is 445 g/mol. The Labute approximate surface area is 183 Å². The van der Waals surface area contributed by atoms with Gasteiger partial charge < -0.3 is 20.7 Å². The molecular formula is C20H26Cl3N3O2. The van der Waals surface area contributed by atoms with E-state index in [9.17, 15) is 4.79 Å². The van der Waals surface area contributed by atoms with Crippen LogP contribution < -0.4 is 20.7 Å². The second-order valence-corrected chi connectivity index (χ2v) is 6.72. The SMILES string of the molecule is COc1ccc(Cl)cc1NCCC(=O)NCC1NCCc2ccccc21.Cl.Cl. The highest BCUT2D eigenvalue weighted by atomic mass is 35.5. The Kier molecular flexibility index (Phi) is 10.5. The minimum absolute atomic E-state index is 0. The number of benzene rings is 2. The number of amides is 1. The lowest BCUT2D eigenvalue weighted by atomic mass is 9.94. The zero-order chi connectivity index (χ0) is 18.4. The van der Waals surface area contributed by atoms with Crippen molar-refractivity contribution in [1.82, 2.24) is 10.6 Å². The van der Waals surface area contributed by atoms with Gasteiger partial charge in [0.1, 0.15) is 5.75 Å². The van der Waals surface area contributed by atoms with Gasteiger partial charge in [-0.1, -0.05) is 35.9 Å². The first kappa shape index (κ1) is 24.4. The zero-order valence-electron chi connectivity index (χ0n) is 15.7. The number of carbonyl (C=O) groups excluding carboxylic acids is 1. The largest absolute Gasteiger partial charge is 0.495 e. The van der Waals surface area contributed by atoms with E-state index in [4.69, 9.17) is 16.3 Å². The summed E-state index contributed by atoms with van der Waals surface area (Å²) in [4.78, 5) is 12.2. The molecule has 1 amide bonds. The Hall–Kier alpha value is -1.66. The van der Waals surface area contributed by atoms with E-state index in [1.807, 2.05) is 6.07 Å². The molecule has 1 unspecified atom stereocenters. The van der Waals surface area contributed by atoms with Crippen molar-refractivity contribution in [3.8, 4) is 5.75 Å². The van der Waals surface area contributed by atoms with Crippen molar-refractivity contribution < 1.29 is 9.53 Å². The highest BCUT2D eigenvalue weighted by Gasteiger charge is 2.19.